The number of hydrogen-bond donors (Lipinski definition) is 0. The number of anilines is 2. The first-order valence-electron chi connectivity index (χ1n) is 10.9. The molecule has 3 heterocycles. The highest BCUT2D eigenvalue weighted by molar-refractivity contribution is 5.53. The highest BCUT2D eigenvalue weighted by atomic mass is 15.3. The summed E-state index contributed by atoms with van der Waals surface area (Å²) >= 11 is 0. The number of rotatable bonds is 4. The minimum atomic E-state index is 0.855. The lowest BCUT2D eigenvalue weighted by atomic mass is 10.00. The second kappa shape index (κ2) is 8.44. The van der Waals surface area contributed by atoms with Crippen LogP contribution in [0.1, 0.15) is 22.5 Å². The molecule has 1 aromatic heterocycles. The Morgan fingerprint density at radius 2 is 1.40 bits per heavy atom. The molecular weight excluding hydrogens is 370 g/mol. The molecule has 3 aromatic rings. The highest BCUT2D eigenvalue weighted by Gasteiger charge is 2.22. The zero-order valence-corrected chi connectivity index (χ0v) is 17.7. The van der Waals surface area contributed by atoms with Crippen molar-refractivity contribution in [3.63, 3.8) is 0 Å². The van der Waals surface area contributed by atoms with Crippen LogP contribution in [0, 0.1) is 6.92 Å². The van der Waals surface area contributed by atoms with Crippen LogP contribution in [-0.2, 0) is 19.5 Å². The third-order valence-electron chi connectivity index (χ3n) is 6.21. The Bertz CT molecular complexity index is 995. The molecule has 5 nitrogen and oxygen atoms in total. The van der Waals surface area contributed by atoms with E-state index in [-0.39, 0.29) is 0 Å². The Kier molecular flexibility index (Phi) is 5.37. The maximum atomic E-state index is 4.78. The number of nitrogens with zero attached hydrogens (tertiary/aromatic N) is 5. The highest BCUT2D eigenvalue weighted by Crippen LogP contribution is 2.26. The smallest absolute Gasteiger partial charge is 0.134 e. The molecule has 0 unspecified atom stereocenters. The summed E-state index contributed by atoms with van der Waals surface area (Å²) in [6.45, 7) is 9.10. The van der Waals surface area contributed by atoms with Crippen molar-refractivity contribution in [1.29, 1.82) is 0 Å². The lowest BCUT2D eigenvalue weighted by molar-refractivity contribution is 0.249. The fourth-order valence-electron chi connectivity index (χ4n) is 4.53. The molecule has 0 N–H and O–H groups in total. The van der Waals surface area contributed by atoms with Gasteiger partial charge in [-0.25, -0.2) is 9.97 Å². The first-order chi connectivity index (χ1) is 14.7. The van der Waals surface area contributed by atoms with Gasteiger partial charge in [-0.2, -0.15) is 0 Å². The van der Waals surface area contributed by atoms with Crippen LogP contribution in [-0.4, -0.2) is 47.6 Å². The molecule has 2 aliphatic heterocycles. The van der Waals surface area contributed by atoms with Gasteiger partial charge in [0.1, 0.15) is 17.5 Å². The van der Waals surface area contributed by atoms with Crippen LogP contribution in [0.15, 0.2) is 60.7 Å². The molecule has 5 rings (SSSR count). The van der Waals surface area contributed by atoms with Crippen molar-refractivity contribution in [2.24, 2.45) is 0 Å². The molecule has 1 fully saturated rings. The van der Waals surface area contributed by atoms with Gasteiger partial charge in [0.15, 0.2) is 0 Å². The zero-order valence-electron chi connectivity index (χ0n) is 17.7. The fourth-order valence-corrected chi connectivity index (χ4v) is 4.53. The van der Waals surface area contributed by atoms with Crippen LogP contribution in [0.4, 0.5) is 11.6 Å². The molecule has 0 amide bonds. The molecule has 154 valence electrons. The molecular formula is C25H29N5. The molecule has 0 bridgehead atoms. The van der Waals surface area contributed by atoms with Gasteiger partial charge in [-0.05, 0) is 30.0 Å². The average Bonchev–Trinajstić information content (AvgIpc) is 2.79. The van der Waals surface area contributed by atoms with E-state index in [0.29, 0.717) is 0 Å². The molecule has 0 aliphatic carbocycles. The molecule has 0 radical (unpaired) electrons. The fraction of sp³-hybridized carbons (Fsp3) is 0.360. The van der Waals surface area contributed by atoms with Crippen molar-refractivity contribution >= 4 is 11.6 Å². The summed E-state index contributed by atoms with van der Waals surface area (Å²) in [4.78, 5) is 16.9. The van der Waals surface area contributed by atoms with Gasteiger partial charge in [0, 0.05) is 51.9 Å². The van der Waals surface area contributed by atoms with Gasteiger partial charge in [0.05, 0.1) is 0 Å². The second-order valence-electron chi connectivity index (χ2n) is 8.32. The second-order valence-corrected chi connectivity index (χ2v) is 8.32. The van der Waals surface area contributed by atoms with Crippen LogP contribution >= 0.6 is 0 Å². The van der Waals surface area contributed by atoms with E-state index in [1.54, 1.807) is 0 Å². The van der Waals surface area contributed by atoms with Crippen molar-refractivity contribution in [1.82, 2.24) is 14.9 Å². The zero-order chi connectivity index (χ0) is 20.3. The van der Waals surface area contributed by atoms with Crippen molar-refractivity contribution < 1.29 is 0 Å². The van der Waals surface area contributed by atoms with E-state index >= 15 is 0 Å². The van der Waals surface area contributed by atoms with Crippen LogP contribution in [0.2, 0.25) is 0 Å². The van der Waals surface area contributed by atoms with Crippen molar-refractivity contribution in [3.8, 4) is 0 Å². The maximum Gasteiger partial charge on any atom is 0.134 e. The van der Waals surface area contributed by atoms with Crippen molar-refractivity contribution in [2.45, 2.75) is 26.4 Å². The molecule has 2 aliphatic rings. The van der Waals surface area contributed by atoms with Gasteiger partial charge in [0.25, 0.3) is 0 Å². The van der Waals surface area contributed by atoms with Gasteiger partial charge < -0.3 is 9.80 Å². The monoisotopic (exact) mass is 399 g/mol. The Labute approximate surface area is 179 Å². The lowest BCUT2D eigenvalue weighted by Gasteiger charge is -2.36. The summed E-state index contributed by atoms with van der Waals surface area (Å²) in [5, 5.41) is 0. The van der Waals surface area contributed by atoms with Gasteiger partial charge in [-0.3, -0.25) is 4.90 Å². The summed E-state index contributed by atoms with van der Waals surface area (Å²) < 4.78 is 0. The molecule has 1 saturated heterocycles. The van der Waals surface area contributed by atoms with E-state index < -0.39 is 0 Å². The predicted octanol–water partition coefficient (Wildman–Crippen LogP) is 3.67. The number of hydrogen-bond acceptors (Lipinski definition) is 5. The van der Waals surface area contributed by atoms with Crippen LogP contribution in [0.3, 0.4) is 0 Å². The summed E-state index contributed by atoms with van der Waals surface area (Å²) in [6, 6.07) is 21.7. The van der Waals surface area contributed by atoms with Gasteiger partial charge >= 0.3 is 0 Å². The largest absolute Gasteiger partial charge is 0.354 e. The summed E-state index contributed by atoms with van der Waals surface area (Å²) in [7, 11) is 0. The summed E-state index contributed by atoms with van der Waals surface area (Å²) in [5.41, 5.74) is 4.27. The van der Waals surface area contributed by atoms with Crippen molar-refractivity contribution in [2.75, 3.05) is 42.5 Å². The molecule has 0 atom stereocenters. The van der Waals surface area contributed by atoms with Gasteiger partial charge in [0.2, 0.25) is 0 Å². The van der Waals surface area contributed by atoms with E-state index in [1.807, 2.05) is 6.92 Å². The summed E-state index contributed by atoms with van der Waals surface area (Å²) in [6.07, 6.45) is 1.08. The number of aromatic nitrogens is 2. The van der Waals surface area contributed by atoms with E-state index in [1.165, 1.54) is 16.7 Å². The SMILES string of the molecule is Cc1nc(N2CCN(Cc3ccccc3)CC2)cc(N2CCc3ccccc3C2)n1. The van der Waals surface area contributed by atoms with Crippen LogP contribution in [0.5, 0.6) is 0 Å². The van der Waals surface area contributed by atoms with Crippen molar-refractivity contribution in [3.05, 3.63) is 83.2 Å². The minimum absolute atomic E-state index is 0.855. The van der Waals surface area contributed by atoms with Gasteiger partial charge in [-0.1, -0.05) is 54.6 Å². The standard InChI is InChI=1S/C25H29N5/c1-20-26-24(29-15-13-28(14-16-29)18-21-7-3-2-4-8-21)17-25(27-20)30-12-11-22-9-5-6-10-23(22)19-30/h2-10,17H,11-16,18-19H2,1H3. The molecule has 30 heavy (non-hydrogen) atoms. The van der Waals surface area contributed by atoms with Gasteiger partial charge in [-0.15, -0.1) is 0 Å². The Hall–Kier alpha value is -2.92. The predicted molar refractivity (Wildman–Crippen MR) is 122 cm³/mol. The summed E-state index contributed by atoms with van der Waals surface area (Å²) in [5.74, 6) is 2.97. The number of benzene rings is 2. The van der Waals surface area contributed by atoms with E-state index in [2.05, 4.69) is 75.4 Å². The topological polar surface area (TPSA) is 35.5 Å². The first-order valence-corrected chi connectivity index (χ1v) is 10.9. The molecule has 2 aromatic carbocycles. The number of aryl methyl sites for hydroxylation is 1. The van der Waals surface area contributed by atoms with E-state index in [9.17, 15) is 0 Å². The lowest BCUT2D eigenvalue weighted by Crippen LogP contribution is -2.46. The quantitative estimate of drug-likeness (QED) is 0.669. The Balaban J connectivity index is 1.27. The van der Waals surface area contributed by atoms with E-state index in [0.717, 1.165) is 69.7 Å². The third kappa shape index (κ3) is 4.17. The number of fused-ring (bicyclic) bond motifs is 1. The van der Waals surface area contributed by atoms with Crippen LogP contribution in [0.25, 0.3) is 0 Å². The Morgan fingerprint density at radius 3 is 2.17 bits per heavy atom. The molecule has 5 heteroatoms. The first kappa shape index (κ1) is 19.1. The normalized spacial score (nSPS) is 17.1. The Morgan fingerprint density at radius 1 is 0.733 bits per heavy atom. The van der Waals surface area contributed by atoms with Crippen LogP contribution < -0.4 is 9.80 Å². The average molecular weight is 400 g/mol. The maximum absolute atomic E-state index is 4.78. The van der Waals surface area contributed by atoms with E-state index in [4.69, 9.17) is 9.97 Å². The minimum Gasteiger partial charge on any atom is -0.354 e. The molecule has 0 spiro atoms. The third-order valence-corrected chi connectivity index (χ3v) is 6.21. The molecule has 0 saturated carbocycles. The number of piperazine rings is 1.